The molecule has 1 N–H and O–H groups in total. The zero-order chi connectivity index (χ0) is 14.0. The van der Waals surface area contributed by atoms with Gasteiger partial charge in [0.15, 0.2) is 0 Å². The summed E-state index contributed by atoms with van der Waals surface area (Å²) in [7, 11) is -2.01. The number of halogens is 1. The van der Waals surface area contributed by atoms with Crippen LogP contribution in [-0.2, 0) is 16.6 Å². The van der Waals surface area contributed by atoms with Crippen molar-refractivity contribution in [3.8, 4) is 0 Å². The number of aryl methyl sites for hydroxylation is 1. The Bertz CT molecular complexity index is 594. The molecule has 0 saturated heterocycles. The van der Waals surface area contributed by atoms with Crippen LogP contribution in [0.1, 0.15) is 18.5 Å². The van der Waals surface area contributed by atoms with Crippen LogP contribution >= 0.6 is 11.6 Å². The Kier molecular flexibility index (Phi) is 4.17. The minimum absolute atomic E-state index is 0.0748. The predicted octanol–water partition coefficient (Wildman–Crippen LogP) is 1.32. The predicted molar refractivity (Wildman–Crippen MR) is 72.5 cm³/mol. The third kappa shape index (κ3) is 2.50. The number of hydrogen-bond donors (Lipinski definition) is 1. The maximum Gasteiger partial charge on any atom is 0.245 e. The van der Waals surface area contributed by atoms with E-state index in [1.165, 1.54) is 11.4 Å². The van der Waals surface area contributed by atoms with Gasteiger partial charge in [0.2, 0.25) is 10.0 Å². The van der Waals surface area contributed by atoms with Gasteiger partial charge in [0.25, 0.3) is 0 Å². The van der Waals surface area contributed by atoms with Crippen molar-refractivity contribution in [2.24, 2.45) is 5.16 Å². The number of fused-ring (bicyclic) bond motifs is 1. The van der Waals surface area contributed by atoms with Crippen LogP contribution in [0.3, 0.4) is 0 Å². The van der Waals surface area contributed by atoms with E-state index >= 15 is 0 Å². The summed E-state index contributed by atoms with van der Waals surface area (Å²) in [5, 5.41) is 12.3. The number of aromatic nitrogens is 1. The average Bonchev–Trinajstić information content (AvgIpc) is 2.79. The normalized spacial score (nSPS) is 20.6. The molecule has 1 aliphatic heterocycles. The third-order valence-corrected chi connectivity index (χ3v) is 5.27. The molecule has 0 unspecified atom stereocenters. The van der Waals surface area contributed by atoms with Crippen molar-refractivity contribution in [3.05, 3.63) is 18.0 Å². The smallest absolute Gasteiger partial charge is 0.245 e. The van der Waals surface area contributed by atoms with Crippen molar-refractivity contribution < 1.29 is 13.6 Å². The van der Waals surface area contributed by atoms with Gasteiger partial charge < -0.3 is 9.77 Å². The fourth-order valence-corrected chi connectivity index (χ4v) is 3.68. The molecule has 0 aromatic carbocycles. The van der Waals surface area contributed by atoms with E-state index in [1.807, 2.05) is 4.57 Å². The lowest BCUT2D eigenvalue weighted by molar-refractivity contribution is 0.315. The van der Waals surface area contributed by atoms with Crippen molar-refractivity contribution in [1.29, 1.82) is 0 Å². The van der Waals surface area contributed by atoms with Crippen LogP contribution in [0, 0.1) is 0 Å². The van der Waals surface area contributed by atoms with Crippen molar-refractivity contribution in [3.63, 3.8) is 0 Å². The fourth-order valence-electron chi connectivity index (χ4n) is 2.15. The number of unbranched alkanes of at least 4 members (excludes halogenated alkanes) is 1. The minimum atomic E-state index is -3.48. The molecule has 0 aliphatic carbocycles. The van der Waals surface area contributed by atoms with Gasteiger partial charge in [-0.2, -0.15) is 4.31 Å². The average molecular weight is 306 g/mol. The van der Waals surface area contributed by atoms with Gasteiger partial charge in [0, 0.05) is 25.7 Å². The summed E-state index contributed by atoms with van der Waals surface area (Å²) < 4.78 is 27.3. The van der Waals surface area contributed by atoms with Crippen LogP contribution in [0.5, 0.6) is 0 Å². The Morgan fingerprint density at radius 2 is 2.21 bits per heavy atom. The SMILES string of the molecule is CN1C/C(=N\O)c2c(ccn2CCCCCl)S1(=O)=O. The molecule has 19 heavy (non-hydrogen) atoms. The first-order valence-corrected chi connectivity index (χ1v) is 7.92. The van der Waals surface area contributed by atoms with Gasteiger partial charge in [-0.1, -0.05) is 5.16 Å². The highest BCUT2D eigenvalue weighted by atomic mass is 35.5. The highest BCUT2D eigenvalue weighted by Gasteiger charge is 2.35. The summed E-state index contributed by atoms with van der Waals surface area (Å²) >= 11 is 5.63. The number of hydrogen-bond acceptors (Lipinski definition) is 4. The fraction of sp³-hybridized carbons (Fsp3) is 0.545. The van der Waals surface area contributed by atoms with Crippen LogP contribution in [0.15, 0.2) is 22.3 Å². The molecular formula is C11H16ClN3O3S. The summed E-state index contributed by atoms with van der Waals surface area (Å²) in [5.41, 5.74) is 0.846. The van der Waals surface area contributed by atoms with Gasteiger partial charge in [-0.3, -0.25) is 0 Å². The highest BCUT2D eigenvalue weighted by Crippen LogP contribution is 2.27. The van der Waals surface area contributed by atoms with E-state index in [2.05, 4.69) is 5.16 Å². The van der Waals surface area contributed by atoms with E-state index in [4.69, 9.17) is 16.8 Å². The molecule has 2 heterocycles. The minimum Gasteiger partial charge on any atom is -0.411 e. The second-order valence-electron chi connectivity index (χ2n) is 4.43. The summed E-state index contributed by atoms with van der Waals surface area (Å²) in [4.78, 5) is 0.194. The molecule has 0 bridgehead atoms. The molecule has 0 amide bonds. The molecule has 0 atom stereocenters. The van der Waals surface area contributed by atoms with Gasteiger partial charge in [0.05, 0.1) is 12.2 Å². The van der Waals surface area contributed by atoms with Crippen LogP contribution in [0.25, 0.3) is 0 Å². The topological polar surface area (TPSA) is 74.9 Å². The van der Waals surface area contributed by atoms with Crippen LogP contribution in [-0.4, -0.2) is 47.7 Å². The van der Waals surface area contributed by atoms with Gasteiger partial charge in [-0.15, -0.1) is 11.6 Å². The van der Waals surface area contributed by atoms with E-state index in [0.29, 0.717) is 23.8 Å². The maximum atomic E-state index is 12.2. The van der Waals surface area contributed by atoms with E-state index < -0.39 is 10.0 Å². The number of rotatable bonds is 4. The van der Waals surface area contributed by atoms with Crippen molar-refractivity contribution in [2.75, 3.05) is 19.5 Å². The molecule has 8 heteroatoms. The molecule has 106 valence electrons. The Labute approximate surface area is 117 Å². The van der Waals surface area contributed by atoms with E-state index in [1.54, 1.807) is 12.3 Å². The molecular weight excluding hydrogens is 290 g/mol. The monoisotopic (exact) mass is 305 g/mol. The van der Waals surface area contributed by atoms with E-state index in [9.17, 15) is 8.42 Å². The molecule has 1 aromatic heterocycles. The lowest BCUT2D eigenvalue weighted by Crippen LogP contribution is -2.39. The molecule has 1 aromatic rings. The Morgan fingerprint density at radius 1 is 1.47 bits per heavy atom. The number of likely N-dealkylation sites (N-methyl/N-ethyl adjacent to an activating group) is 1. The molecule has 6 nitrogen and oxygen atoms in total. The standard InChI is InChI=1S/C11H16ClN3O3S/c1-14-8-9(13-16)11-10(19(14,17)18)4-7-15(11)6-3-2-5-12/h4,7,16H,2-3,5-6,8H2,1H3/b13-9+. The third-order valence-electron chi connectivity index (χ3n) is 3.16. The largest absolute Gasteiger partial charge is 0.411 e. The van der Waals surface area contributed by atoms with Gasteiger partial charge in [-0.25, -0.2) is 8.42 Å². The zero-order valence-corrected chi connectivity index (χ0v) is 12.2. The summed E-state index contributed by atoms with van der Waals surface area (Å²) in [5.74, 6) is 0.575. The molecule has 0 fully saturated rings. The summed E-state index contributed by atoms with van der Waals surface area (Å²) in [6.07, 6.45) is 3.41. The maximum absolute atomic E-state index is 12.2. The number of sulfonamides is 1. The van der Waals surface area contributed by atoms with Crippen LogP contribution in [0.4, 0.5) is 0 Å². The molecule has 2 rings (SSSR count). The van der Waals surface area contributed by atoms with Crippen molar-refractivity contribution in [1.82, 2.24) is 8.87 Å². The van der Waals surface area contributed by atoms with Crippen LogP contribution in [0.2, 0.25) is 0 Å². The molecule has 1 aliphatic rings. The molecule has 0 spiro atoms. The Hall–Kier alpha value is -1.05. The summed E-state index contributed by atoms with van der Waals surface area (Å²) in [6, 6.07) is 1.55. The summed E-state index contributed by atoms with van der Waals surface area (Å²) in [6.45, 7) is 0.728. The van der Waals surface area contributed by atoms with Gasteiger partial charge in [0.1, 0.15) is 10.6 Å². The Balaban J connectivity index is 2.43. The highest BCUT2D eigenvalue weighted by molar-refractivity contribution is 7.89. The van der Waals surface area contributed by atoms with Gasteiger partial charge in [-0.05, 0) is 18.9 Å². The van der Waals surface area contributed by atoms with E-state index in [0.717, 1.165) is 12.8 Å². The van der Waals surface area contributed by atoms with Crippen LogP contribution < -0.4 is 0 Å². The molecule has 0 saturated carbocycles. The first-order valence-electron chi connectivity index (χ1n) is 5.95. The van der Waals surface area contributed by atoms with Crippen molar-refractivity contribution >= 4 is 27.3 Å². The first-order chi connectivity index (χ1) is 9.02. The zero-order valence-electron chi connectivity index (χ0n) is 10.6. The first kappa shape index (κ1) is 14.4. The van der Waals surface area contributed by atoms with Crippen molar-refractivity contribution in [2.45, 2.75) is 24.3 Å². The lowest BCUT2D eigenvalue weighted by Gasteiger charge is -2.24. The second kappa shape index (κ2) is 5.52. The van der Waals surface area contributed by atoms with E-state index in [-0.39, 0.29) is 11.4 Å². The number of oxime groups is 1. The Morgan fingerprint density at radius 3 is 2.84 bits per heavy atom. The lowest BCUT2D eigenvalue weighted by atomic mass is 10.2. The quantitative estimate of drug-likeness (QED) is 0.394. The molecule has 0 radical (unpaired) electrons. The number of nitrogens with zero attached hydrogens (tertiary/aromatic N) is 3. The second-order valence-corrected chi connectivity index (χ2v) is 6.82. The van der Waals surface area contributed by atoms with Gasteiger partial charge >= 0.3 is 0 Å². The number of alkyl halides is 1.